The number of benzene rings is 1. The fourth-order valence-corrected chi connectivity index (χ4v) is 1.57. The summed E-state index contributed by atoms with van der Waals surface area (Å²) in [6, 6.07) is 4.70. The molecule has 0 unspecified atom stereocenters. The van der Waals surface area contributed by atoms with E-state index >= 15 is 0 Å². The van der Waals surface area contributed by atoms with Gasteiger partial charge in [-0.2, -0.15) is 0 Å². The summed E-state index contributed by atoms with van der Waals surface area (Å²) in [7, 11) is 0. The topological polar surface area (TPSA) is 49.4 Å². The Morgan fingerprint density at radius 2 is 1.93 bits per heavy atom. The number of hydrogen-bond acceptors (Lipinski definition) is 2. The Labute approximate surface area is 95.7 Å². The van der Waals surface area contributed by atoms with Crippen molar-refractivity contribution in [3.63, 3.8) is 0 Å². The maximum Gasteiger partial charge on any atom is 0.255 e. The van der Waals surface area contributed by atoms with Crippen molar-refractivity contribution in [1.82, 2.24) is 5.43 Å². The molecule has 1 aliphatic heterocycles. The zero-order chi connectivity index (χ0) is 11.0. The van der Waals surface area contributed by atoms with Crippen LogP contribution in [0.1, 0.15) is 6.42 Å². The molecule has 0 spiro atoms. The van der Waals surface area contributed by atoms with Crippen molar-refractivity contribution < 1.29 is 9.59 Å². The van der Waals surface area contributed by atoms with Crippen molar-refractivity contribution in [2.24, 2.45) is 0 Å². The molecular weight excluding hydrogens is 239 g/mol. The lowest BCUT2D eigenvalue weighted by Gasteiger charge is -2.15. The van der Waals surface area contributed by atoms with Gasteiger partial charge in [0.1, 0.15) is 6.42 Å². The van der Waals surface area contributed by atoms with Gasteiger partial charge in [0.25, 0.3) is 5.91 Å². The van der Waals surface area contributed by atoms with Crippen molar-refractivity contribution in [1.29, 1.82) is 0 Å². The number of amides is 2. The Balaban J connectivity index is 2.34. The summed E-state index contributed by atoms with van der Waals surface area (Å²) in [4.78, 5) is 22.3. The molecule has 2 rings (SSSR count). The largest absolute Gasteiger partial charge is 0.273 e. The molecule has 1 heterocycles. The highest BCUT2D eigenvalue weighted by Crippen LogP contribution is 2.27. The Morgan fingerprint density at radius 3 is 2.47 bits per heavy atom. The van der Waals surface area contributed by atoms with Gasteiger partial charge in [0.2, 0.25) is 5.91 Å². The number of hydrogen-bond donors (Lipinski definition) is 1. The van der Waals surface area contributed by atoms with Crippen molar-refractivity contribution in [2.45, 2.75) is 6.42 Å². The molecule has 4 nitrogen and oxygen atoms in total. The number of halogens is 2. The van der Waals surface area contributed by atoms with Crippen LogP contribution in [0.4, 0.5) is 5.69 Å². The van der Waals surface area contributed by atoms with Gasteiger partial charge in [0.15, 0.2) is 0 Å². The molecule has 0 aromatic heterocycles. The van der Waals surface area contributed by atoms with Gasteiger partial charge in [-0.05, 0) is 18.2 Å². The standard InChI is InChI=1S/C9H6Cl2N2O2/c10-6-2-1-5(3-7(6)11)13-9(15)4-8(14)12-13/h1-3H,4H2,(H,12,14). The molecule has 0 bridgehead atoms. The van der Waals surface area contributed by atoms with E-state index in [1.54, 1.807) is 12.1 Å². The summed E-state index contributed by atoms with van der Waals surface area (Å²) in [6.07, 6.45) is -0.139. The highest BCUT2D eigenvalue weighted by Gasteiger charge is 2.28. The first kappa shape index (κ1) is 10.3. The van der Waals surface area contributed by atoms with Crippen LogP contribution in [0.5, 0.6) is 0 Å². The first-order chi connectivity index (χ1) is 7.08. The number of nitrogens with one attached hydrogen (secondary N) is 1. The second kappa shape index (κ2) is 3.72. The quantitative estimate of drug-likeness (QED) is 0.766. The maximum atomic E-state index is 11.3. The molecule has 78 valence electrons. The van der Waals surface area contributed by atoms with Crippen molar-refractivity contribution in [2.75, 3.05) is 5.01 Å². The molecule has 0 saturated carbocycles. The number of rotatable bonds is 1. The maximum absolute atomic E-state index is 11.3. The molecule has 1 saturated heterocycles. The van der Waals surface area contributed by atoms with Gasteiger partial charge >= 0.3 is 0 Å². The minimum Gasteiger partial charge on any atom is -0.273 e. The van der Waals surface area contributed by atoms with Crippen molar-refractivity contribution >= 4 is 40.7 Å². The number of carbonyl (C=O) groups excluding carboxylic acids is 2. The molecule has 1 aromatic carbocycles. The highest BCUT2D eigenvalue weighted by atomic mass is 35.5. The van der Waals surface area contributed by atoms with E-state index in [-0.39, 0.29) is 18.2 Å². The van der Waals surface area contributed by atoms with Gasteiger partial charge in [-0.15, -0.1) is 0 Å². The summed E-state index contributed by atoms with van der Waals surface area (Å²) >= 11 is 11.5. The smallest absolute Gasteiger partial charge is 0.255 e. The Hall–Kier alpha value is -1.26. The van der Waals surface area contributed by atoms with E-state index in [0.717, 1.165) is 5.01 Å². The van der Waals surface area contributed by atoms with Gasteiger partial charge in [-0.3, -0.25) is 15.0 Å². The molecule has 0 atom stereocenters. The third-order valence-electron chi connectivity index (χ3n) is 1.96. The number of hydrazine groups is 1. The molecule has 2 amide bonds. The average Bonchev–Trinajstić information content (AvgIpc) is 2.50. The van der Waals surface area contributed by atoms with Crippen LogP contribution < -0.4 is 10.4 Å². The first-order valence-corrected chi connectivity index (χ1v) is 4.91. The van der Waals surface area contributed by atoms with E-state index in [1.165, 1.54) is 6.07 Å². The van der Waals surface area contributed by atoms with Gasteiger partial charge in [0.05, 0.1) is 15.7 Å². The van der Waals surface area contributed by atoms with E-state index in [1.807, 2.05) is 0 Å². The zero-order valence-corrected chi connectivity index (χ0v) is 8.97. The predicted molar refractivity (Wildman–Crippen MR) is 56.7 cm³/mol. The van der Waals surface area contributed by atoms with Gasteiger partial charge in [-0.25, -0.2) is 5.01 Å². The van der Waals surface area contributed by atoms with Crippen LogP contribution in [0.2, 0.25) is 10.0 Å². The molecule has 1 aliphatic rings. The van der Waals surface area contributed by atoms with Gasteiger partial charge in [0, 0.05) is 0 Å². The molecular formula is C9H6Cl2N2O2. The lowest BCUT2D eigenvalue weighted by atomic mass is 10.3. The van der Waals surface area contributed by atoms with Crippen LogP contribution >= 0.6 is 23.2 Å². The minimum absolute atomic E-state index is 0.139. The van der Waals surface area contributed by atoms with E-state index in [2.05, 4.69) is 5.43 Å². The van der Waals surface area contributed by atoms with E-state index in [9.17, 15) is 9.59 Å². The Morgan fingerprint density at radius 1 is 1.20 bits per heavy atom. The fourth-order valence-electron chi connectivity index (χ4n) is 1.28. The number of anilines is 1. The summed E-state index contributed by atoms with van der Waals surface area (Å²) in [5, 5.41) is 1.89. The van der Waals surface area contributed by atoms with E-state index in [0.29, 0.717) is 15.7 Å². The van der Waals surface area contributed by atoms with Crippen LogP contribution in [0.15, 0.2) is 18.2 Å². The molecule has 6 heteroatoms. The molecule has 15 heavy (non-hydrogen) atoms. The second-order valence-corrected chi connectivity index (χ2v) is 3.85. The average molecular weight is 245 g/mol. The summed E-state index contributed by atoms with van der Waals surface area (Å²) in [6.45, 7) is 0. The summed E-state index contributed by atoms with van der Waals surface area (Å²) < 4.78 is 0. The Kier molecular flexibility index (Phi) is 2.54. The molecule has 1 fully saturated rings. The van der Waals surface area contributed by atoms with Crippen molar-refractivity contribution in [3.8, 4) is 0 Å². The van der Waals surface area contributed by atoms with Crippen LogP contribution in [-0.4, -0.2) is 11.8 Å². The third kappa shape index (κ3) is 1.91. The first-order valence-electron chi connectivity index (χ1n) is 4.15. The lowest BCUT2D eigenvalue weighted by Crippen LogP contribution is -2.35. The van der Waals surface area contributed by atoms with E-state index in [4.69, 9.17) is 23.2 Å². The zero-order valence-electron chi connectivity index (χ0n) is 7.46. The van der Waals surface area contributed by atoms with Gasteiger partial charge in [-0.1, -0.05) is 23.2 Å². The van der Waals surface area contributed by atoms with E-state index < -0.39 is 0 Å². The SMILES string of the molecule is O=C1CC(=O)N(c2ccc(Cl)c(Cl)c2)N1. The van der Waals surface area contributed by atoms with Crippen LogP contribution in [0.3, 0.4) is 0 Å². The second-order valence-electron chi connectivity index (χ2n) is 3.04. The number of carbonyl (C=O) groups is 2. The molecule has 1 aromatic rings. The van der Waals surface area contributed by atoms with Crippen LogP contribution in [-0.2, 0) is 9.59 Å². The molecule has 0 aliphatic carbocycles. The minimum atomic E-state index is -0.328. The Bertz CT molecular complexity index is 448. The summed E-state index contributed by atoms with van der Waals surface area (Å²) in [5.74, 6) is -0.635. The monoisotopic (exact) mass is 244 g/mol. The van der Waals surface area contributed by atoms with Crippen molar-refractivity contribution in [3.05, 3.63) is 28.2 Å². The van der Waals surface area contributed by atoms with Gasteiger partial charge < -0.3 is 0 Å². The summed E-state index contributed by atoms with van der Waals surface area (Å²) in [5.41, 5.74) is 2.91. The normalized spacial score (nSPS) is 15.7. The predicted octanol–water partition coefficient (Wildman–Crippen LogP) is 1.76. The molecule has 0 radical (unpaired) electrons. The third-order valence-corrected chi connectivity index (χ3v) is 2.70. The number of nitrogens with zero attached hydrogens (tertiary/aromatic N) is 1. The fraction of sp³-hybridized carbons (Fsp3) is 0.111. The highest BCUT2D eigenvalue weighted by molar-refractivity contribution is 6.42. The lowest BCUT2D eigenvalue weighted by molar-refractivity contribution is -0.122. The van der Waals surface area contributed by atoms with Crippen LogP contribution in [0.25, 0.3) is 0 Å². The molecule has 1 N–H and O–H groups in total. The van der Waals surface area contributed by atoms with Crippen LogP contribution in [0, 0.1) is 0 Å².